The molecule has 1 aromatic carbocycles. The summed E-state index contributed by atoms with van der Waals surface area (Å²) in [5.41, 5.74) is 0.779. The van der Waals surface area contributed by atoms with E-state index in [4.69, 9.17) is 5.11 Å². The molecule has 1 amide bonds. The third kappa shape index (κ3) is 4.76. The van der Waals surface area contributed by atoms with E-state index in [1.807, 2.05) is 26.8 Å². The number of aromatic hydroxyl groups is 1. The van der Waals surface area contributed by atoms with E-state index in [1.165, 1.54) is 0 Å². The number of hydrogen-bond acceptors (Lipinski definition) is 2. The summed E-state index contributed by atoms with van der Waals surface area (Å²) in [5, 5.41) is 20.7. The number of benzene rings is 1. The van der Waals surface area contributed by atoms with Crippen molar-refractivity contribution in [2.75, 3.05) is 0 Å². The third-order valence-corrected chi connectivity index (χ3v) is 2.39. The molecule has 0 aliphatic carbocycles. The Morgan fingerprint density at radius 3 is 2.53 bits per heavy atom. The summed E-state index contributed by atoms with van der Waals surface area (Å²) >= 11 is 0. The molecule has 4 heteroatoms. The van der Waals surface area contributed by atoms with Crippen molar-refractivity contribution in [3.8, 4) is 5.75 Å². The summed E-state index contributed by atoms with van der Waals surface area (Å²) in [5.74, 6) is 0.147. The third-order valence-electron chi connectivity index (χ3n) is 2.39. The molecule has 0 radical (unpaired) electrons. The van der Waals surface area contributed by atoms with Crippen molar-refractivity contribution in [3.05, 3.63) is 29.8 Å². The van der Waals surface area contributed by atoms with E-state index in [2.05, 4.69) is 5.32 Å². The van der Waals surface area contributed by atoms with Crippen molar-refractivity contribution >= 4 is 6.09 Å². The van der Waals surface area contributed by atoms with Crippen LogP contribution in [0.1, 0.15) is 38.8 Å². The van der Waals surface area contributed by atoms with E-state index < -0.39 is 6.09 Å². The van der Waals surface area contributed by atoms with Crippen LogP contribution < -0.4 is 5.32 Å². The van der Waals surface area contributed by atoms with Crippen LogP contribution in [0, 0.1) is 5.41 Å². The number of rotatable bonds is 3. The van der Waals surface area contributed by atoms with Crippen molar-refractivity contribution in [2.45, 2.75) is 33.2 Å². The first kappa shape index (κ1) is 13.4. The molecule has 17 heavy (non-hydrogen) atoms. The second kappa shape index (κ2) is 5.08. The Labute approximate surface area is 101 Å². The lowest BCUT2D eigenvalue weighted by atomic mass is 9.85. The summed E-state index contributed by atoms with van der Waals surface area (Å²) < 4.78 is 0. The summed E-state index contributed by atoms with van der Waals surface area (Å²) in [7, 11) is 0. The molecule has 0 heterocycles. The fourth-order valence-electron chi connectivity index (χ4n) is 1.76. The van der Waals surface area contributed by atoms with E-state index in [9.17, 15) is 9.90 Å². The van der Waals surface area contributed by atoms with Gasteiger partial charge in [0.2, 0.25) is 0 Å². The smallest absolute Gasteiger partial charge is 0.405 e. The molecule has 3 N–H and O–H groups in total. The Morgan fingerprint density at radius 2 is 2.06 bits per heavy atom. The Balaban J connectivity index is 2.93. The minimum atomic E-state index is -1.05. The molecule has 94 valence electrons. The normalized spacial score (nSPS) is 13.1. The van der Waals surface area contributed by atoms with Crippen LogP contribution in [0.4, 0.5) is 4.79 Å². The molecule has 0 aliphatic heterocycles. The highest BCUT2D eigenvalue weighted by Gasteiger charge is 2.21. The van der Waals surface area contributed by atoms with Gasteiger partial charge in [-0.25, -0.2) is 4.79 Å². The van der Waals surface area contributed by atoms with Crippen LogP contribution in [0.3, 0.4) is 0 Å². The number of phenols is 1. The molecular weight excluding hydrogens is 218 g/mol. The number of amides is 1. The van der Waals surface area contributed by atoms with Crippen molar-refractivity contribution in [2.24, 2.45) is 5.41 Å². The average Bonchev–Trinajstić information content (AvgIpc) is 2.13. The summed E-state index contributed by atoms with van der Waals surface area (Å²) in [6, 6.07) is 6.38. The second-order valence-corrected chi connectivity index (χ2v) is 5.36. The van der Waals surface area contributed by atoms with Crippen LogP contribution in [0.15, 0.2) is 24.3 Å². The zero-order chi connectivity index (χ0) is 13.1. The van der Waals surface area contributed by atoms with E-state index in [0.717, 1.165) is 5.56 Å². The van der Waals surface area contributed by atoms with Gasteiger partial charge in [-0.2, -0.15) is 0 Å². The van der Waals surface area contributed by atoms with Gasteiger partial charge < -0.3 is 15.5 Å². The molecule has 0 spiro atoms. The van der Waals surface area contributed by atoms with Gasteiger partial charge in [-0.1, -0.05) is 32.9 Å². The Morgan fingerprint density at radius 1 is 1.41 bits per heavy atom. The van der Waals surface area contributed by atoms with Gasteiger partial charge in [0.05, 0.1) is 6.04 Å². The second-order valence-electron chi connectivity index (χ2n) is 5.36. The van der Waals surface area contributed by atoms with E-state index >= 15 is 0 Å². The van der Waals surface area contributed by atoms with Gasteiger partial charge in [0, 0.05) is 0 Å². The number of nitrogens with one attached hydrogen (secondary N) is 1. The molecule has 0 saturated heterocycles. The van der Waals surface area contributed by atoms with Gasteiger partial charge in [0.1, 0.15) is 5.75 Å². The maximum atomic E-state index is 10.8. The highest BCUT2D eigenvalue weighted by molar-refractivity contribution is 5.65. The highest BCUT2D eigenvalue weighted by Crippen LogP contribution is 2.30. The lowest BCUT2D eigenvalue weighted by Gasteiger charge is -2.26. The maximum absolute atomic E-state index is 10.8. The number of carboxylic acid groups (broad SMARTS) is 1. The number of phenolic OH excluding ortho intramolecular Hbond substituents is 1. The topological polar surface area (TPSA) is 69.6 Å². The molecule has 1 atom stereocenters. The monoisotopic (exact) mass is 237 g/mol. The first-order chi connectivity index (χ1) is 7.78. The van der Waals surface area contributed by atoms with E-state index in [0.29, 0.717) is 6.42 Å². The van der Waals surface area contributed by atoms with Gasteiger partial charge in [-0.3, -0.25) is 0 Å². The van der Waals surface area contributed by atoms with Crippen LogP contribution in [-0.2, 0) is 0 Å². The summed E-state index contributed by atoms with van der Waals surface area (Å²) in [4.78, 5) is 10.8. The first-order valence-corrected chi connectivity index (χ1v) is 5.56. The van der Waals surface area contributed by atoms with E-state index in [1.54, 1.807) is 18.2 Å². The minimum Gasteiger partial charge on any atom is -0.508 e. The predicted molar refractivity (Wildman–Crippen MR) is 66.1 cm³/mol. The minimum absolute atomic E-state index is 0.00141. The lowest BCUT2D eigenvalue weighted by Crippen LogP contribution is -2.29. The van der Waals surface area contributed by atoms with Crippen LogP contribution >= 0.6 is 0 Å². The maximum Gasteiger partial charge on any atom is 0.405 e. The highest BCUT2D eigenvalue weighted by atomic mass is 16.4. The fourth-order valence-corrected chi connectivity index (χ4v) is 1.76. The van der Waals surface area contributed by atoms with E-state index in [-0.39, 0.29) is 17.2 Å². The van der Waals surface area contributed by atoms with Crippen molar-refractivity contribution in [1.29, 1.82) is 0 Å². The van der Waals surface area contributed by atoms with Crippen molar-refractivity contribution < 1.29 is 15.0 Å². The molecule has 0 fully saturated rings. The van der Waals surface area contributed by atoms with Gasteiger partial charge >= 0.3 is 6.09 Å². The molecule has 0 aliphatic rings. The van der Waals surface area contributed by atoms with Gasteiger partial charge in [0.25, 0.3) is 0 Å². The Kier molecular flexibility index (Phi) is 3.99. The van der Waals surface area contributed by atoms with Gasteiger partial charge in [-0.15, -0.1) is 0 Å². The molecule has 1 aromatic rings. The van der Waals surface area contributed by atoms with Gasteiger partial charge in [0.15, 0.2) is 0 Å². The molecule has 0 bridgehead atoms. The zero-order valence-electron chi connectivity index (χ0n) is 10.4. The number of hydrogen-bond donors (Lipinski definition) is 3. The lowest BCUT2D eigenvalue weighted by molar-refractivity contribution is 0.184. The molecule has 0 saturated carbocycles. The molecular formula is C13H19NO3. The first-order valence-electron chi connectivity index (χ1n) is 5.56. The Bertz CT molecular complexity index is 396. The Hall–Kier alpha value is -1.71. The van der Waals surface area contributed by atoms with Crippen LogP contribution in [0.25, 0.3) is 0 Å². The van der Waals surface area contributed by atoms with Crippen LogP contribution in [-0.4, -0.2) is 16.3 Å². The zero-order valence-corrected chi connectivity index (χ0v) is 10.4. The SMILES string of the molecule is CC(C)(C)C[C@@H](NC(=O)O)c1cccc(O)c1. The average molecular weight is 237 g/mol. The summed E-state index contributed by atoms with van der Waals surface area (Å²) in [6.45, 7) is 6.14. The van der Waals surface area contributed by atoms with Crippen LogP contribution in [0.5, 0.6) is 5.75 Å². The largest absolute Gasteiger partial charge is 0.508 e. The molecule has 0 aromatic heterocycles. The molecule has 0 unspecified atom stereocenters. The fraction of sp³-hybridized carbons (Fsp3) is 0.462. The number of carbonyl (C=O) groups is 1. The molecule has 4 nitrogen and oxygen atoms in total. The standard InChI is InChI=1S/C13H19NO3/c1-13(2,3)8-11(14-12(16)17)9-5-4-6-10(15)7-9/h4-7,11,14-15H,8H2,1-3H3,(H,16,17)/t11-/m1/s1. The predicted octanol–water partition coefficient (Wildman–Crippen LogP) is 3.14. The van der Waals surface area contributed by atoms with Crippen molar-refractivity contribution in [3.63, 3.8) is 0 Å². The quantitative estimate of drug-likeness (QED) is 0.756. The van der Waals surface area contributed by atoms with Gasteiger partial charge in [-0.05, 0) is 29.5 Å². The van der Waals surface area contributed by atoms with Crippen LogP contribution in [0.2, 0.25) is 0 Å². The van der Waals surface area contributed by atoms with Crippen molar-refractivity contribution in [1.82, 2.24) is 5.32 Å². The molecule has 1 rings (SSSR count). The summed E-state index contributed by atoms with van der Waals surface area (Å²) in [6.07, 6.45) is -0.384.